The number of rotatable bonds is 3. The standard InChI is InChI=1S/C18H22N4O/c1-12-11-15(12)18(23)19-14-8-6-13(7-9-14)17-21-20-16-5-3-2-4-10-22(16)17/h6-9,12,15H,2-5,10-11H2,1H3,(H,19,23)/t12-,15+/m1/s1. The minimum absolute atomic E-state index is 0.140. The third-order valence-corrected chi connectivity index (χ3v) is 4.97. The van der Waals surface area contributed by atoms with E-state index in [1.807, 2.05) is 24.3 Å². The van der Waals surface area contributed by atoms with Crippen LogP contribution in [0, 0.1) is 11.8 Å². The van der Waals surface area contributed by atoms with E-state index in [-0.39, 0.29) is 11.8 Å². The maximum Gasteiger partial charge on any atom is 0.227 e. The minimum Gasteiger partial charge on any atom is -0.326 e. The molecule has 4 rings (SSSR count). The van der Waals surface area contributed by atoms with Gasteiger partial charge in [0, 0.05) is 30.1 Å². The van der Waals surface area contributed by atoms with Gasteiger partial charge in [-0.3, -0.25) is 4.79 Å². The lowest BCUT2D eigenvalue weighted by Gasteiger charge is -2.08. The molecule has 0 spiro atoms. The van der Waals surface area contributed by atoms with Crippen LogP contribution in [0.5, 0.6) is 0 Å². The summed E-state index contributed by atoms with van der Waals surface area (Å²) in [5.41, 5.74) is 1.91. The Kier molecular flexibility index (Phi) is 3.63. The molecule has 2 aromatic rings. The average molecular weight is 310 g/mol. The fraction of sp³-hybridized carbons (Fsp3) is 0.500. The zero-order valence-corrected chi connectivity index (χ0v) is 13.5. The number of hydrogen-bond donors (Lipinski definition) is 1. The minimum atomic E-state index is 0.140. The van der Waals surface area contributed by atoms with E-state index in [2.05, 4.69) is 27.0 Å². The molecule has 0 unspecified atom stereocenters. The van der Waals surface area contributed by atoms with Gasteiger partial charge in [-0.05, 0) is 49.4 Å². The predicted molar refractivity (Wildman–Crippen MR) is 88.9 cm³/mol. The van der Waals surface area contributed by atoms with Gasteiger partial charge in [0.25, 0.3) is 0 Å². The van der Waals surface area contributed by atoms with Crippen molar-refractivity contribution in [3.05, 3.63) is 30.1 Å². The number of nitrogens with zero attached hydrogens (tertiary/aromatic N) is 3. The van der Waals surface area contributed by atoms with Crippen LogP contribution in [0.2, 0.25) is 0 Å². The summed E-state index contributed by atoms with van der Waals surface area (Å²) in [6, 6.07) is 7.96. The molecule has 120 valence electrons. The second-order valence-electron chi connectivity index (χ2n) is 6.79. The number of amides is 1. The van der Waals surface area contributed by atoms with Crippen LogP contribution in [0.1, 0.15) is 38.4 Å². The van der Waals surface area contributed by atoms with Crippen molar-refractivity contribution >= 4 is 11.6 Å². The van der Waals surface area contributed by atoms with Crippen LogP contribution in [0.3, 0.4) is 0 Å². The van der Waals surface area contributed by atoms with Crippen molar-refractivity contribution in [3.63, 3.8) is 0 Å². The third kappa shape index (κ3) is 2.87. The molecule has 2 heterocycles. The van der Waals surface area contributed by atoms with E-state index in [0.29, 0.717) is 5.92 Å². The second-order valence-corrected chi connectivity index (χ2v) is 6.79. The first-order chi connectivity index (χ1) is 11.2. The predicted octanol–water partition coefficient (Wildman–Crippen LogP) is 3.27. The summed E-state index contributed by atoms with van der Waals surface area (Å²) >= 11 is 0. The second kappa shape index (κ2) is 5.80. The van der Waals surface area contributed by atoms with E-state index < -0.39 is 0 Å². The van der Waals surface area contributed by atoms with Gasteiger partial charge in [-0.2, -0.15) is 0 Å². The summed E-state index contributed by atoms with van der Waals surface area (Å²) in [5, 5.41) is 11.7. The van der Waals surface area contributed by atoms with E-state index in [4.69, 9.17) is 0 Å². The topological polar surface area (TPSA) is 59.8 Å². The molecule has 1 saturated carbocycles. The first kappa shape index (κ1) is 14.4. The molecule has 1 aromatic heterocycles. The van der Waals surface area contributed by atoms with Crippen molar-refractivity contribution in [1.82, 2.24) is 14.8 Å². The molecule has 5 nitrogen and oxygen atoms in total. The number of aromatic nitrogens is 3. The van der Waals surface area contributed by atoms with Crippen LogP contribution < -0.4 is 5.32 Å². The number of carbonyl (C=O) groups is 1. The van der Waals surface area contributed by atoms with Gasteiger partial charge in [0.15, 0.2) is 5.82 Å². The zero-order valence-electron chi connectivity index (χ0n) is 13.5. The van der Waals surface area contributed by atoms with E-state index in [1.54, 1.807) is 0 Å². The lowest BCUT2D eigenvalue weighted by molar-refractivity contribution is -0.117. The summed E-state index contributed by atoms with van der Waals surface area (Å²) in [5.74, 6) is 2.90. The van der Waals surface area contributed by atoms with Crippen molar-refractivity contribution in [2.45, 2.75) is 45.6 Å². The molecule has 1 aliphatic carbocycles. The lowest BCUT2D eigenvalue weighted by Crippen LogP contribution is -2.14. The smallest absolute Gasteiger partial charge is 0.227 e. The van der Waals surface area contributed by atoms with Gasteiger partial charge in [-0.25, -0.2) is 0 Å². The van der Waals surface area contributed by atoms with Gasteiger partial charge < -0.3 is 9.88 Å². The summed E-state index contributed by atoms with van der Waals surface area (Å²) in [6.07, 6.45) is 5.66. The van der Waals surface area contributed by atoms with Gasteiger partial charge >= 0.3 is 0 Å². The number of fused-ring (bicyclic) bond motifs is 1. The van der Waals surface area contributed by atoms with Crippen LogP contribution >= 0.6 is 0 Å². The summed E-state index contributed by atoms with van der Waals surface area (Å²) in [7, 11) is 0. The highest BCUT2D eigenvalue weighted by molar-refractivity contribution is 5.94. The van der Waals surface area contributed by atoms with Gasteiger partial charge in [-0.15, -0.1) is 10.2 Å². The molecule has 1 aromatic carbocycles. The third-order valence-electron chi connectivity index (χ3n) is 4.97. The highest BCUT2D eigenvalue weighted by Gasteiger charge is 2.39. The average Bonchev–Trinajstić information content (AvgIpc) is 3.24. The Morgan fingerprint density at radius 3 is 2.70 bits per heavy atom. The largest absolute Gasteiger partial charge is 0.326 e. The highest BCUT2D eigenvalue weighted by Crippen LogP contribution is 2.38. The molecule has 1 amide bonds. The molecule has 2 atom stereocenters. The molecule has 5 heteroatoms. The van der Waals surface area contributed by atoms with E-state index in [9.17, 15) is 4.79 Å². The molecule has 1 N–H and O–H groups in total. The van der Waals surface area contributed by atoms with Crippen LogP contribution in [0.15, 0.2) is 24.3 Å². The molecular formula is C18H22N4O. The molecular weight excluding hydrogens is 288 g/mol. The zero-order chi connectivity index (χ0) is 15.8. The number of nitrogens with one attached hydrogen (secondary N) is 1. The molecule has 0 saturated heterocycles. The molecule has 2 aliphatic rings. The molecule has 1 fully saturated rings. The van der Waals surface area contributed by atoms with Crippen molar-refractivity contribution in [3.8, 4) is 11.4 Å². The quantitative estimate of drug-likeness (QED) is 0.946. The molecule has 23 heavy (non-hydrogen) atoms. The molecule has 0 radical (unpaired) electrons. The van der Waals surface area contributed by atoms with Gasteiger partial charge in [0.05, 0.1) is 0 Å². The Hall–Kier alpha value is -2.17. The van der Waals surface area contributed by atoms with Crippen molar-refractivity contribution in [1.29, 1.82) is 0 Å². The monoisotopic (exact) mass is 310 g/mol. The molecule has 0 bridgehead atoms. The van der Waals surface area contributed by atoms with Crippen molar-refractivity contribution < 1.29 is 4.79 Å². The van der Waals surface area contributed by atoms with E-state index in [1.165, 1.54) is 19.3 Å². The van der Waals surface area contributed by atoms with Crippen molar-refractivity contribution in [2.75, 3.05) is 5.32 Å². The Morgan fingerprint density at radius 2 is 1.96 bits per heavy atom. The van der Waals surface area contributed by atoms with Crippen molar-refractivity contribution in [2.24, 2.45) is 11.8 Å². The van der Waals surface area contributed by atoms with Gasteiger partial charge in [0.1, 0.15) is 5.82 Å². The fourth-order valence-corrected chi connectivity index (χ4v) is 3.32. The van der Waals surface area contributed by atoms with E-state index >= 15 is 0 Å². The summed E-state index contributed by atoms with van der Waals surface area (Å²) in [4.78, 5) is 12.0. The number of benzene rings is 1. The summed E-state index contributed by atoms with van der Waals surface area (Å²) < 4.78 is 2.24. The Bertz CT molecular complexity index is 719. The van der Waals surface area contributed by atoms with Crippen LogP contribution in [-0.2, 0) is 17.8 Å². The maximum absolute atomic E-state index is 12.0. The first-order valence-electron chi connectivity index (χ1n) is 8.56. The van der Waals surface area contributed by atoms with Crippen LogP contribution in [-0.4, -0.2) is 20.7 Å². The number of aryl methyl sites for hydroxylation is 1. The maximum atomic E-state index is 12.0. The fourth-order valence-electron chi connectivity index (χ4n) is 3.32. The van der Waals surface area contributed by atoms with Gasteiger partial charge in [0.2, 0.25) is 5.91 Å². The van der Waals surface area contributed by atoms with Crippen LogP contribution in [0.4, 0.5) is 5.69 Å². The summed E-state index contributed by atoms with van der Waals surface area (Å²) in [6.45, 7) is 3.11. The first-order valence-corrected chi connectivity index (χ1v) is 8.56. The van der Waals surface area contributed by atoms with Crippen LogP contribution in [0.25, 0.3) is 11.4 Å². The lowest BCUT2D eigenvalue weighted by atomic mass is 10.2. The highest BCUT2D eigenvalue weighted by atomic mass is 16.2. The Balaban J connectivity index is 1.52. The SMILES string of the molecule is C[C@@H]1C[C@@H]1C(=O)Nc1ccc(-c2nnc3n2CCCCC3)cc1. The van der Waals surface area contributed by atoms with Gasteiger partial charge in [-0.1, -0.05) is 13.3 Å². The normalized spacial score (nSPS) is 23.0. The molecule has 1 aliphatic heterocycles. The number of carbonyl (C=O) groups excluding carboxylic acids is 1. The Morgan fingerprint density at radius 1 is 1.17 bits per heavy atom. The number of anilines is 1. The number of hydrogen-bond acceptors (Lipinski definition) is 3. The Labute approximate surface area is 136 Å². The van der Waals surface area contributed by atoms with E-state index in [0.717, 1.165) is 42.3 Å².